The summed E-state index contributed by atoms with van der Waals surface area (Å²) in [6.07, 6.45) is 3.22. The van der Waals surface area contributed by atoms with Gasteiger partial charge in [0.15, 0.2) is 16.8 Å². The molecule has 0 amide bonds. The minimum atomic E-state index is -0.0876. The zero-order valence-corrected chi connectivity index (χ0v) is 8.54. The van der Waals surface area contributed by atoms with Crippen LogP contribution in [0.5, 0.6) is 0 Å². The largest absolute Gasteiger partial charge is 0.293 e. The van der Waals surface area contributed by atoms with E-state index in [1.807, 2.05) is 0 Å². The number of hydrogen-bond donors (Lipinski definition) is 0. The molecule has 2 aromatic heterocycles. The van der Waals surface area contributed by atoms with Crippen LogP contribution >= 0.6 is 11.6 Å². The zero-order valence-electron chi connectivity index (χ0n) is 7.78. The number of imidazole rings is 1. The molecule has 0 fully saturated rings. The molecule has 0 aromatic carbocycles. The molecular formula is C9H8ClN3O. The Balaban J connectivity index is 2.91. The first-order valence-electron chi connectivity index (χ1n) is 4.11. The van der Waals surface area contributed by atoms with Crippen molar-refractivity contribution in [3.05, 3.63) is 29.1 Å². The molecule has 72 valence electrons. The van der Waals surface area contributed by atoms with Gasteiger partial charge in [-0.2, -0.15) is 0 Å². The summed E-state index contributed by atoms with van der Waals surface area (Å²) in [6, 6.07) is 0. The van der Waals surface area contributed by atoms with E-state index in [2.05, 4.69) is 9.97 Å². The molecular weight excluding hydrogens is 202 g/mol. The summed E-state index contributed by atoms with van der Waals surface area (Å²) >= 11 is 5.90. The Morgan fingerprint density at radius 3 is 2.93 bits per heavy atom. The molecule has 0 saturated carbocycles. The smallest absolute Gasteiger partial charge is 0.195 e. The molecule has 0 unspecified atom stereocenters. The predicted octanol–water partition coefficient (Wildman–Crippen LogP) is 1.89. The average Bonchev–Trinajstić information content (AvgIpc) is 2.45. The number of carbonyl (C=O) groups excluding carboxylic acids is 1. The van der Waals surface area contributed by atoms with Gasteiger partial charge in [0, 0.05) is 19.3 Å². The maximum absolute atomic E-state index is 11.2. The van der Waals surface area contributed by atoms with E-state index in [1.165, 1.54) is 6.92 Å². The Bertz CT molecular complexity index is 518. The second-order valence-electron chi connectivity index (χ2n) is 3.01. The quantitative estimate of drug-likeness (QED) is 0.674. The Kier molecular flexibility index (Phi) is 2.00. The van der Waals surface area contributed by atoms with Gasteiger partial charge in [0.05, 0.1) is 5.69 Å². The van der Waals surface area contributed by atoms with E-state index in [0.29, 0.717) is 22.2 Å². The van der Waals surface area contributed by atoms with Crippen LogP contribution < -0.4 is 0 Å². The van der Waals surface area contributed by atoms with Gasteiger partial charge in [-0.25, -0.2) is 9.97 Å². The SMILES string of the molecule is CC(=O)c1nc(C)c2c(Cl)nccn12. The fourth-order valence-corrected chi connectivity index (χ4v) is 1.70. The molecule has 0 radical (unpaired) electrons. The van der Waals surface area contributed by atoms with E-state index >= 15 is 0 Å². The van der Waals surface area contributed by atoms with Crippen LogP contribution in [0.1, 0.15) is 23.2 Å². The fraction of sp³-hybridized carbons (Fsp3) is 0.222. The summed E-state index contributed by atoms with van der Waals surface area (Å²) in [7, 11) is 0. The molecule has 2 aromatic rings. The molecule has 5 heteroatoms. The molecule has 0 aliphatic carbocycles. The maximum atomic E-state index is 11.2. The molecule has 2 rings (SSSR count). The highest BCUT2D eigenvalue weighted by Crippen LogP contribution is 2.19. The van der Waals surface area contributed by atoms with Crippen LogP contribution in [-0.2, 0) is 0 Å². The summed E-state index contributed by atoms with van der Waals surface area (Å²) in [6.45, 7) is 3.28. The van der Waals surface area contributed by atoms with Crippen molar-refractivity contribution in [3.63, 3.8) is 0 Å². The number of hydrogen-bond acceptors (Lipinski definition) is 3. The number of aryl methyl sites for hydroxylation is 1. The number of ketones is 1. The molecule has 2 heterocycles. The van der Waals surface area contributed by atoms with Gasteiger partial charge in [-0.15, -0.1) is 0 Å². The van der Waals surface area contributed by atoms with Crippen LogP contribution in [0.25, 0.3) is 5.52 Å². The third-order valence-electron chi connectivity index (χ3n) is 2.00. The Morgan fingerprint density at radius 2 is 2.29 bits per heavy atom. The van der Waals surface area contributed by atoms with Crippen LogP contribution in [0.4, 0.5) is 0 Å². The Morgan fingerprint density at radius 1 is 1.57 bits per heavy atom. The molecule has 4 nitrogen and oxygen atoms in total. The topological polar surface area (TPSA) is 47.3 Å². The second-order valence-corrected chi connectivity index (χ2v) is 3.37. The lowest BCUT2D eigenvalue weighted by atomic mass is 10.4. The third kappa shape index (κ3) is 1.19. The standard InChI is InChI=1S/C9H8ClN3O/c1-5-7-8(10)11-3-4-13(7)9(12-5)6(2)14/h3-4H,1-2H3. The first kappa shape index (κ1) is 9.15. The second kappa shape index (κ2) is 3.06. The van der Waals surface area contributed by atoms with Gasteiger partial charge >= 0.3 is 0 Å². The van der Waals surface area contributed by atoms with Gasteiger partial charge in [-0.3, -0.25) is 9.20 Å². The Labute approximate surface area is 85.5 Å². The molecule has 0 atom stereocenters. The van der Waals surface area contributed by atoms with Crippen LogP contribution in [0.3, 0.4) is 0 Å². The van der Waals surface area contributed by atoms with Crippen molar-refractivity contribution >= 4 is 22.9 Å². The molecule has 14 heavy (non-hydrogen) atoms. The zero-order chi connectivity index (χ0) is 10.3. The number of rotatable bonds is 1. The monoisotopic (exact) mass is 209 g/mol. The van der Waals surface area contributed by atoms with Crippen LogP contribution in [-0.4, -0.2) is 20.2 Å². The summed E-state index contributed by atoms with van der Waals surface area (Å²) < 4.78 is 1.66. The van der Waals surface area contributed by atoms with Crippen molar-refractivity contribution in [1.82, 2.24) is 14.4 Å². The van der Waals surface area contributed by atoms with Gasteiger partial charge in [0.1, 0.15) is 5.52 Å². The lowest BCUT2D eigenvalue weighted by molar-refractivity contribution is 0.100. The van der Waals surface area contributed by atoms with Gasteiger partial charge in [-0.05, 0) is 6.92 Å². The van der Waals surface area contributed by atoms with Crippen molar-refractivity contribution in [2.75, 3.05) is 0 Å². The lowest BCUT2D eigenvalue weighted by Crippen LogP contribution is -2.00. The van der Waals surface area contributed by atoms with Crippen molar-refractivity contribution in [2.24, 2.45) is 0 Å². The van der Waals surface area contributed by atoms with Crippen molar-refractivity contribution in [1.29, 1.82) is 0 Å². The van der Waals surface area contributed by atoms with Crippen molar-refractivity contribution in [2.45, 2.75) is 13.8 Å². The fourth-order valence-electron chi connectivity index (χ4n) is 1.41. The highest BCUT2D eigenvalue weighted by molar-refractivity contribution is 6.32. The van der Waals surface area contributed by atoms with E-state index in [-0.39, 0.29) is 5.78 Å². The van der Waals surface area contributed by atoms with E-state index in [0.717, 1.165) is 0 Å². The molecule has 0 aliphatic rings. The van der Waals surface area contributed by atoms with Crippen molar-refractivity contribution < 1.29 is 4.79 Å². The van der Waals surface area contributed by atoms with E-state index < -0.39 is 0 Å². The first-order valence-corrected chi connectivity index (χ1v) is 4.49. The minimum Gasteiger partial charge on any atom is -0.293 e. The summed E-state index contributed by atoms with van der Waals surface area (Å²) in [5, 5.41) is 0.366. The highest BCUT2D eigenvalue weighted by atomic mass is 35.5. The van der Waals surface area contributed by atoms with Crippen LogP contribution in [0.15, 0.2) is 12.4 Å². The van der Waals surface area contributed by atoms with Crippen molar-refractivity contribution in [3.8, 4) is 0 Å². The predicted molar refractivity (Wildman–Crippen MR) is 52.7 cm³/mol. The number of Topliss-reactive ketones (excluding diaryl/α,β-unsaturated/α-hetero) is 1. The Hall–Kier alpha value is -1.42. The molecule has 0 bridgehead atoms. The van der Waals surface area contributed by atoms with Gasteiger partial charge in [0.2, 0.25) is 0 Å². The average molecular weight is 210 g/mol. The first-order chi connectivity index (χ1) is 6.61. The lowest BCUT2D eigenvalue weighted by Gasteiger charge is -1.97. The molecule has 0 spiro atoms. The molecule has 0 aliphatic heterocycles. The number of halogens is 1. The third-order valence-corrected chi connectivity index (χ3v) is 2.28. The van der Waals surface area contributed by atoms with E-state index in [1.54, 1.807) is 23.7 Å². The molecule has 0 saturated heterocycles. The van der Waals surface area contributed by atoms with Crippen LogP contribution in [0.2, 0.25) is 5.15 Å². The summed E-state index contributed by atoms with van der Waals surface area (Å²) in [5.41, 5.74) is 1.41. The van der Waals surface area contributed by atoms with Gasteiger partial charge < -0.3 is 0 Å². The number of aromatic nitrogens is 3. The van der Waals surface area contributed by atoms with Crippen LogP contribution in [0, 0.1) is 6.92 Å². The van der Waals surface area contributed by atoms with E-state index in [9.17, 15) is 4.79 Å². The van der Waals surface area contributed by atoms with Gasteiger partial charge in [-0.1, -0.05) is 11.6 Å². The summed E-state index contributed by atoms with van der Waals surface area (Å²) in [5.74, 6) is 0.303. The highest BCUT2D eigenvalue weighted by Gasteiger charge is 2.13. The number of nitrogens with zero attached hydrogens (tertiary/aromatic N) is 3. The molecule has 0 N–H and O–H groups in total. The number of fused-ring (bicyclic) bond motifs is 1. The summed E-state index contributed by atoms with van der Waals surface area (Å²) in [4.78, 5) is 19.3. The number of carbonyl (C=O) groups is 1. The normalized spacial score (nSPS) is 10.8. The van der Waals surface area contributed by atoms with E-state index in [4.69, 9.17) is 11.6 Å². The minimum absolute atomic E-state index is 0.0876. The van der Waals surface area contributed by atoms with Gasteiger partial charge in [0.25, 0.3) is 0 Å². The maximum Gasteiger partial charge on any atom is 0.195 e.